The molecule has 0 saturated carbocycles. The third-order valence-electron chi connectivity index (χ3n) is 3.72. The summed E-state index contributed by atoms with van der Waals surface area (Å²) in [4.78, 5) is 10.8. The van der Waals surface area contributed by atoms with Crippen LogP contribution in [0, 0.1) is 12.7 Å². The molecule has 0 bridgehead atoms. The van der Waals surface area contributed by atoms with Crippen molar-refractivity contribution < 1.29 is 27.8 Å². The molecule has 8 heteroatoms. The lowest BCUT2D eigenvalue weighted by Gasteiger charge is -2.34. The quantitative estimate of drug-likeness (QED) is 0.857. The van der Waals surface area contributed by atoms with E-state index in [2.05, 4.69) is 0 Å². The van der Waals surface area contributed by atoms with E-state index in [1.165, 1.54) is 12.1 Å². The van der Waals surface area contributed by atoms with Gasteiger partial charge in [0.2, 0.25) is 10.0 Å². The molecule has 1 aromatic carbocycles. The summed E-state index contributed by atoms with van der Waals surface area (Å²) < 4.78 is 39.3. The first kappa shape index (κ1) is 15.9. The minimum absolute atomic E-state index is 0.124. The van der Waals surface area contributed by atoms with Gasteiger partial charge in [0.1, 0.15) is 5.82 Å². The predicted octanol–water partition coefficient (Wildman–Crippen LogP) is 0.734. The lowest BCUT2D eigenvalue weighted by molar-refractivity contribution is -0.162. The Balaban J connectivity index is 2.27. The van der Waals surface area contributed by atoms with Gasteiger partial charge in [-0.3, -0.25) is 0 Å². The number of aryl methyl sites for hydroxylation is 1. The van der Waals surface area contributed by atoms with Gasteiger partial charge < -0.3 is 10.2 Å². The van der Waals surface area contributed by atoms with Crippen molar-refractivity contribution in [3.8, 4) is 0 Å². The average Bonchev–Trinajstić information content (AvgIpc) is 2.41. The van der Waals surface area contributed by atoms with Crippen LogP contribution in [0.3, 0.4) is 0 Å². The van der Waals surface area contributed by atoms with Crippen molar-refractivity contribution in [1.82, 2.24) is 4.31 Å². The van der Waals surface area contributed by atoms with E-state index in [0.29, 0.717) is 5.56 Å². The molecule has 0 unspecified atom stereocenters. The van der Waals surface area contributed by atoms with Gasteiger partial charge in [-0.2, -0.15) is 4.31 Å². The number of carbonyl (C=O) groups is 1. The van der Waals surface area contributed by atoms with Crippen molar-refractivity contribution in [3.05, 3.63) is 29.6 Å². The van der Waals surface area contributed by atoms with Crippen LogP contribution >= 0.6 is 0 Å². The van der Waals surface area contributed by atoms with Crippen LogP contribution in [0.25, 0.3) is 0 Å². The second-order valence-corrected chi connectivity index (χ2v) is 7.06. The Hall–Kier alpha value is -1.51. The maximum absolute atomic E-state index is 13.3. The highest BCUT2D eigenvalue weighted by Gasteiger charge is 2.42. The molecule has 21 heavy (non-hydrogen) atoms. The average molecular weight is 317 g/mol. The molecular weight excluding hydrogens is 301 g/mol. The van der Waals surface area contributed by atoms with Crippen molar-refractivity contribution in [3.63, 3.8) is 0 Å². The van der Waals surface area contributed by atoms with Crippen molar-refractivity contribution in [2.45, 2.75) is 30.3 Å². The minimum atomic E-state index is -3.90. The summed E-state index contributed by atoms with van der Waals surface area (Å²) in [6.07, 6.45) is -0.397. The SMILES string of the molecule is Cc1ccc(F)cc1S(=O)(=O)N1CCC(O)(C(=O)O)CC1. The Kier molecular flexibility index (Phi) is 4.05. The molecule has 1 aromatic rings. The second kappa shape index (κ2) is 5.36. The highest BCUT2D eigenvalue weighted by atomic mass is 32.2. The highest BCUT2D eigenvalue weighted by Crippen LogP contribution is 2.28. The van der Waals surface area contributed by atoms with Crippen LogP contribution in [0.5, 0.6) is 0 Å². The fourth-order valence-corrected chi connectivity index (χ4v) is 3.98. The molecule has 1 aliphatic heterocycles. The minimum Gasteiger partial charge on any atom is -0.479 e. The lowest BCUT2D eigenvalue weighted by atomic mass is 9.93. The summed E-state index contributed by atoms with van der Waals surface area (Å²) in [6, 6.07) is 3.50. The highest BCUT2D eigenvalue weighted by molar-refractivity contribution is 7.89. The molecule has 1 saturated heterocycles. The number of carboxylic acid groups (broad SMARTS) is 1. The number of benzene rings is 1. The number of hydrogen-bond acceptors (Lipinski definition) is 4. The first-order valence-corrected chi connectivity index (χ1v) is 7.83. The monoisotopic (exact) mass is 317 g/mol. The molecule has 0 atom stereocenters. The fraction of sp³-hybridized carbons (Fsp3) is 0.462. The van der Waals surface area contributed by atoms with Crippen LogP contribution in [0.1, 0.15) is 18.4 Å². The third-order valence-corrected chi connectivity index (χ3v) is 5.76. The molecule has 1 heterocycles. The summed E-state index contributed by atoms with van der Waals surface area (Å²) >= 11 is 0. The van der Waals surface area contributed by atoms with Gasteiger partial charge in [-0.1, -0.05) is 6.07 Å². The first-order valence-electron chi connectivity index (χ1n) is 6.39. The van der Waals surface area contributed by atoms with Crippen LogP contribution < -0.4 is 0 Å². The van der Waals surface area contributed by atoms with E-state index < -0.39 is 27.4 Å². The topological polar surface area (TPSA) is 94.9 Å². The maximum Gasteiger partial charge on any atom is 0.335 e. The number of rotatable bonds is 3. The van der Waals surface area contributed by atoms with Crippen LogP contribution in [-0.4, -0.2) is 47.6 Å². The number of aliphatic hydroxyl groups is 1. The van der Waals surface area contributed by atoms with Crippen LogP contribution in [0.15, 0.2) is 23.1 Å². The number of sulfonamides is 1. The smallest absolute Gasteiger partial charge is 0.335 e. The van der Waals surface area contributed by atoms with Crippen molar-refractivity contribution >= 4 is 16.0 Å². The molecule has 0 radical (unpaired) electrons. The Labute approximate surface area is 121 Å². The predicted molar refractivity (Wildman–Crippen MR) is 71.7 cm³/mol. The summed E-state index contributed by atoms with van der Waals surface area (Å²) in [5, 5.41) is 18.7. The molecule has 116 valence electrons. The van der Waals surface area contributed by atoms with E-state index in [1.54, 1.807) is 6.92 Å². The standard InChI is InChI=1S/C13H16FNO5S/c1-9-2-3-10(14)8-11(9)21(19,20)15-6-4-13(18,5-7-15)12(16)17/h2-3,8,18H,4-7H2,1H3,(H,16,17). The molecule has 0 spiro atoms. The molecule has 6 nitrogen and oxygen atoms in total. The number of carboxylic acids is 1. The zero-order valence-corrected chi connectivity index (χ0v) is 12.2. The number of piperidine rings is 1. The molecule has 2 rings (SSSR count). The van der Waals surface area contributed by atoms with Crippen LogP contribution in [0.4, 0.5) is 4.39 Å². The zero-order valence-electron chi connectivity index (χ0n) is 11.4. The Morgan fingerprint density at radius 2 is 1.90 bits per heavy atom. The van der Waals surface area contributed by atoms with E-state index in [-0.39, 0.29) is 30.8 Å². The largest absolute Gasteiger partial charge is 0.479 e. The lowest BCUT2D eigenvalue weighted by Crippen LogP contribution is -2.50. The number of halogens is 1. The summed E-state index contributed by atoms with van der Waals surface area (Å²) in [6.45, 7) is 1.31. The van der Waals surface area contributed by atoms with E-state index in [4.69, 9.17) is 5.11 Å². The van der Waals surface area contributed by atoms with E-state index in [9.17, 15) is 22.7 Å². The van der Waals surface area contributed by atoms with Crippen LogP contribution in [0.2, 0.25) is 0 Å². The number of nitrogens with zero attached hydrogens (tertiary/aromatic N) is 1. The maximum atomic E-state index is 13.3. The van der Waals surface area contributed by atoms with Gasteiger partial charge in [-0.25, -0.2) is 17.6 Å². The Morgan fingerprint density at radius 3 is 2.43 bits per heavy atom. The van der Waals surface area contributed by atoms with Gasteiger partial charge in [0, 0.05) is 25.9 Å². The molecule has 1 aliphatic rings. The number of hydrogen-bond donors (Lipinski definition) is 2. The second-order valence-electron chi connectivity index (χ2n) is 5.15. The van der Waals surface area contributed by atoms with Gasteiger partial charge in [-0.05, 0) is 24.6 Å². The first-order chi connectivity index (χ1) is 9.67. The summed E-state index contributed by atoms with van der Waals surface area (Å²) in [5.41, 5.74) is -1.49. The van der Waals surface area contributed by atoms with Gasteiger partial charge in [0.15, 0.2) is 5.60 Å². The molecule has 0 amide bonds. The molecule has 0 aromatic heterocycles. The zero-order chi connectivity index (χ0) is 15.8. The summed E-state index contributed by atoms with van der Waals surface area (Å²) in [5.74, 6) is -2.01. The van der Waals surface area contributed by atoms with E-state index in [1.807, 2.05) is 0 Å². The number of aliphatic carboxylic acids is 1. The normalized spacial score (nSPS) is 19.4. The molecule has 2 N–H and O–H groups in total. The van der Waals surface area contributed by atoms with E-state index >= 15 is 0 Å². The van der Waals surface area contributed by atoms with Gasteiger partial charge in [0.25, 0.3) is 0 Å². The van der Waals surface area contributed by atoms with Gasteiger partial charge in [0.05, 0.1) is 4.90 Å². The Morgan fingerprint density at radius 1 is 1.33 bits per heavy atom. The van der Waals surface area contributed by atoms with E-state index in [0.717, 1.165) is 10.4 Å². The van der Waals surface area contributed by atoms with Crippen molar-refractivity contribution in [1.29, 1.82) is 0 Å². The summed E-state index contributed by atoms with van der Waals surface area (Å²) in [7, 11) is -3.90. The Bertz CT molecular complexity index is 665. The van der Waals surface area contributed by atoms with Crippen LogP contribution in [-0.2, 0) is 14.8 Å². The fourth-order valence-electron chi connectivity index (χ4n) is 2.30. The third kappa shape index (κ3) is 2.92. The van der Waals surface area contributed by atoms with Gasteiger partial charge >= 0.3 is 5.97 Å². The van der Waals surface area contributed by atoms with Crippen molar-refractivity contribution in [2.24, 2.45) is 0 Å². The molecule has 0 aliphatic carbocycles. The van der Waals surface area contributed by atoms with Crippen molar-refractivity contribution in [2.75, 3.05) is 13.1 Å². The van der Waals surface area contributed by atoms with Gasteiger partial charge in [-0.15, -0.1) is 0 Å². The molecular formula is C13H16FNO5S. The molecule has 1 fully saturated rings.